The lowest BCUT2D eigenvalue weighted by atomic mass is 10.1. The number of carbonyl (C=O) groups is 2. The third-order valence-corrected chi connectivity index (χ3v) is 5.25. The van der Waals surface area contributed by atoms with Gasteiger partial charge >= 0.3 is 0 Å². The normalized spacial score (nSPS) is 15.1. The van der Waals surface area contributed by atoms with E-state index in [1.807, 2.05) is 36.4 Å². The first-order valence-electron chi connectivity index (χ1n) is 8.35. The van der Waals surface area contributed by atoms with E-state index in [0.29, 0.717) is 16.4 Å². The Morgan fingerprint density at radius 3 is 2.54 bits per heavy atom. The van der Waals surface area contributed by atoms with Gasteiger partial charge in [-0.25, -0.2) is 0 Å². The molecule has 1 aliphatic heterocycles. The molecule has 2 aromatic rings. The summed E-state index contributed by atoms with van der Waals surface area (Å²) in [4.78, 5) is 25.3. The number of hydrogen-bond acceptors (Lipinski definition) is 6. The van der Waals surface area contributed by atoms with Gasteiger partial charge in [0.15, 0.2) is 15.8 Å². The second-order valence-electron chi connectivity index (χ2n) is 5.83. The maximum Gasteiger partial charge on any atom is 0.285 e. The van der Waals surface area contributed by atoms with E-state index in [0.717, 1.165) is 27.9 Å². The summed E-state index contributed by atoms with van der Waals surface area (Å²) in [6.45, 7) is 0. The Morgan fingerprint density at radius 2 is 1.86 bits per heavy atom. The Labute approximate surface area is 172 Å². The van der Waals surface area contributed by atoms with Crippen LogP contribution in [0.4, 0.5) is 0 Å². The highest BCUT2D eigenvalue weighted by molar-refractivity contribution is 8.26. The molecule has 28 heavy (non-hydrogen) atoms. The molecule has 6 nitrogen and oxygen atoms in total. The van der Waals surface area contributed by atoms with Gasteiger partial charge in [-0.05, 0) is 41.6 Å². The number of thioether (sulfide) groups is 1. The van der Waals surface area contributed by atoms with E-state index in [9.17, 15) is 9.59 Å². The summed E-state index contributed by atoms with van der Waals surface area (Å²) in [5.74, 6) is 0.476. The smallest absolute Gasteiger partial charge is 0.285 e. The van der Waals surface area contributed by atoms with E-state index in [1.165, 1.54) is 0 Å². The molecule has 0 spiro atoms. The van der Waals surface area contributed by atoms with Crippen LogP contribution in [-0.2, 0) is 16.0 Å². The molecule has 3 rings (SSSR count). The van der Waals surface area contributed by atoms with Gasteiger partial charge in [0.05, 0.1) is 25.5 Å². The van der Waals surface area contributed by atoms with Crippen molar-refractivity contribution in [2.45, 2.75) is 6.42 Å². The largest absolute Gasteiger partial charge is 0.493 e. The van der Waals surface area contributed by atoms with Crippen LogP contribution in [0.15, 0.2) is 53.4 Å². The first kappa shape index (κ1) is 19.9. The van der Waals surface area contributed by atoms with Gasteiger partial charge in [0.1, 0.15) is 0 Å². The number of hydrogen-bond donors (Lipinski definition) is 1. The molecule has 8 heteroatoms. The summed E-state index contributed by atoms with van der Waals surface area (Å²) in [5, 5.41) is 1.11. The van der Waals surface area contributed by atoms with Crippen molar-refractivity contribution >= 4 is 46.2 Å². The van der Waals surface area contributed by atoms with Crippen molar-refractivity contribution in [3.8, 4) is 11.5 Å². The molecule has 2 aromatic carbocycles. The molecule has 0 aliphatic carbocycles. The van der Waals surface area contributed by atoms with Crippen molar-refractivity contribution in [1.82, 2.24) is 10.4 Å². The summed E-state index contributed by atoms with van der Waals surface area (Å²) < 4.78 is 10.8. The van der Waals surface area contributed by atoms with E-state index >= 15 is 0 Å². The number of benzene rings is 2. The first-order valence-corrected chi connectivity index (χ1v) is 9.57. The Bertz CT molecular complexity index is 944. The van der Waals surface area contributed by atoms with Gasteiger partial charge in [-0.3, -0.25) is 15.0 Å². The Morgan fingerprint density at radius 1 is 1.14 bits per heavy atom. The summed E-state index contributed by atoms with van der Waals surface area (Å²) in [5.41, 5.74) is 4.19. The van der Waals surface area contributed by atoms with Gasteiger partial charge < -0.3 is 9.47 Å². The Balaban J connectivity index is 1.72. The summed E-state index contributed by atoms with van der Waals surface area (Å²) in [7, 11) is 3.10. The van der Waals surface area contributed by atoms with Gasteiger partial charge in [0.25, 0.3) is 5.91 Å². The number of methoxy groups -OCH3 is 2. The minimum absolute atomic E-state index is 0.159. The van der Waals surface area contributed by atoms with E-state index in [4.69, 9.17) is 21.7 Å². The summed E-state index contributed by atoms with van der Waals surface area (Å²) in [6, 6.07) is 14.6. The van der Waals surface area contributed by atoms with E-state index in [2.05, 4.69) is 5.43 Å². The standard InChI is InChI=1S/C20H18N2O4S2/c1-25-15-9-8-14(10-16(15)26-2)11-17-19(24)22(20(27)28-17)21-18(23)12-13-6-4-3-5-7-13/h3-11H,12H2,1-2H3,(H,21,23). The molecular formula is C20H18N2O4S2. The zero-order valence-electron chi connectivity index (χ0n) is 15.3. The van der Waals surface area contributed by atoms with Crippen LogP contribution in [0.5, 0.6) is 11.5 Å². The molecule has 2 amide bonds. The number of carbonyl (C=O) groups excluding carboxylic acids is 2. The van der Waals surface area contributed by atoms with E-state index in [-0.39, 0.29) is 22.6 Å². The molecule has 1 saturated heterocycles. The SMILES string of the molecule is COc1ccc(C=C2SC(=S)N(NC(=O)Cc3ccccc3)C2=O)cc1OC. The predicted octanol–water partition coefficient (Wildman–Crippen LogP) is 3.18. The van der Waals surface area contributed by atoms with Crippen molar-refractivity contribution in [1.29, 1.82) is 0 Å². The van der Waals surface area contributed by atoms with Crippen LogP contribution in [0.1, 0.15) is 11.1 Å². The van der Waals surface area contributed by atoms with Crippen LogP contribution >= 0.6 is 24.0 Å². The third kappa shape index (κ3) is 4.52. The molecule has 0 unspecified atom stereocenters. The zero-order valence-corrected chi connectivity index (χ0v) is 16.9. The van der Waals surface area contributed by atoms with Gasteiger partial charge in [0, 0.05) is 0 Å². The molecule has 1 N–H and O–H groups in total. The Kier molecular flexibility index (Phi) is 6.33. The summed E-state index contributed by atoms with van der Waals surface area (Å²) >= 11 is 6.38. The molecule has 0 saturated carbocycles. The number of nitrogens with zero attached hydrogens (tertiary/aromatic N) is 1. The lowest BCUT2D eigenvalue weighted by Crippen LogP contribution is -2.45. The number of ether oxygens (including phenoxy) is 2. The van der Waals surface area contributed by atoms with Crippen molar-refractivity contribution < 1.29 is 19.1 Å². The van der Waals surface area contributed by atoms with Crippen molar-refractivity contribution in [2.75, 3.05) is 14.2 Å². The van der Waals surface area contributed by atoms with Crippen LogP contribution in [0.2, 0.25) is 0 Å². The fourth-order valence-corrected chi connectivity index (χ4v) is 3.78. The van der Waals surface area contributed by atoms with Gasteiger partial charge in [0.2, 0.25) is 5.91 Å². The second kappa shape index (κ2) is 8.90. The molecule has 0 atom stereocenters. The zero-order chi connectivity index (χ0) is 20.1. The number of amides is 2. The number of rotatable bonds is 6. The van der Waals surface area contributed by atoms with Gasteiger partial charge in [-0.1, -0.05) is 48.2 Å². The molecule has 0 bridgehead atoms. The van der Waals surface area contributed by atoms with Crippen LogP contribution in [0.25, 0.3) is 6.08 Å². The number of thiocarbonyl (C=S) groups is 1. The topological polar surface area (TPSA) is 67.9 Å². The molecule has 0 aromatic heterocycles. The molecule has 0 radical (unpaired) electrons. The fraction of sp³-hybridized carbons (Fsp3) is 0.150. The van der Waals surface area contributed by atoms with Crippen LogP contribution in [0.3, 0.4) is 0 Å². The maximum absolute atomic E-state index is 12.7. The highest BCUT2D eigenvalue weighted by atomic mass is 32.2. The molecule has 144 valence electrons. The number of nitrogens with one attached hydrogen (secondary N) is 1. The summed E-state index contributed by atoms with van der Waals surface area (Å²) in [6.07, 6.45) is 1.86. The minimum Gasteiger partial charge on any atom is -0.493 e. The lowest BCUT2D eigenvalue weighted by Gasteiger charge is -2.15. The van der Waals surface area contributed by atoms with Gasteiger partial charge in [-0.15, -0.1) is 0 Å². The van der Waals surface area contributed by atoms with Crippen LogP contribution in [-0.4, -0.2) is 35.4 Å². The maximum atomic E-state index is 12.7. The first-order chi connectivity index (χ1) is 13.5. The van der Waals surface area contributed by atoms with Crippen molar-refractivity contribution in [3.05, 3.63) is 64.6 Å². The second-order valence-corrected chi connectivity index (χ2v) is 7.50. The highest BCUT2D eigenvalue weighted by Crippen LogP contribution is 2.33. The third-order valence-electron chi connectivity index (χ3n) is 3.94. The molecule has 1 fully saturated rings. The Hall–Kier alpha value is -2.84. The lowest BCUT2D eigenvalue weighted by molar-refractivity contribution is -0.132. The van der Waals surface area contributed by atoms with E-state index < -0.39 is 0 Å². The predicted molar refractivity (Wildman–Crippen MR) is 113 cm³/mol. The monoisotopic (exact) mass is 414 g/mol. The fourth-order valence-electron chi connectivity index (χ4n) is 2.60. The van der Waals surface area contributed by atoms with Crippen molar-refractivity contribution in [3.63, 3.8) is 0 Å². The number of hydrazine groups is 1. The van der Waals surface area contributed by atoms with Crippen molar-refractivity contribution in [2.24, 2.45) is 0 Å². The van der Waals surface area contributed by atoms with Crippen LogP contribution < -0.4 is 14.9 Å². The van der Waals surface area contributed by atoms with E-state index in [1.54, 1.807) is 32.4 Å². The average Bonchev–Trinajstić information content (AvgIpc) is 2.96. The minimum atomic E-state index is -0.369. The average molecular weight is 415 g/mol. The highest BCUT2D eigenvalue weighted by Gasteiger charge is 2.33. The van der Waals surface area contributed by atoms with Crippen LogP contribution in [0, 0.1) is 0 Å². The molecule has 1 heterocycles. The quantitative estimate of drug-likeness (QED) is 0.579. The molecule has 1 aliphatic rings. The van der Waals surface area contributed by atoms with Gasteiger partial charge in [-0.2, -0.15) is 5.01 Å². The molecular weight excluding hydrogens is 396 g/mol.